The average molecular weight is 255 g/mol. The zero-order valence-electron chi connectivity index (χ0n) is 10.3. The summed E-state index contributed by atoms with van der Waals surface area (Å²) in [5.41, 5.74) is 0.112. The van der Waals surface area contributed by atoms with Crippen LogP contribution in [0.5, 0.6) is 0 Å². The molecule has 1 atom stereocenters. The largest absolute Gasteiger partial charge is 0.391 e. The molecule has 1 saturated carbocycles. The molecule has 0 bridgehead atoms. The van der Waals surface area contributed by atoms with Crippen LogP contribution in [0.25, 0.3) is 0 Å². The second-order valence-electron chi connectivity index (χ2n) is 5.02. The van der Waals surface area contributed by atoms with E-state index in [9.17, 15) is 13.9 Å². The lowest BCUT2D eigenvalue weighted by molar-refractivity contribution is 0.155. The van der Waals surface area contributed by atoms with Crippen molar-refractivity contribution in [2.24, 2.45) is 5.92 Å². The summed E-state index contributed by atoms with van der Waals surface area (Å²) in [5, 5.41) is 12.6. The molecule has 0 aromatic heterocycles. The number of benzene rings is 1. The fraction of sp³-hybridized carbons (Fsp3) is 0.571. The van der Waals surface area contributed by atoms with E-state index in [1.54, 1.807) is 0 Å². The number of anilines is 1. The van der Waals surface area contributed by atoms with Gasteiger partial charge in [-0.1, -0.05) is 31.7 Å². The molecule has 2 nitrogen and oxygen atoms in total. The lowest BCUT2D eigenvalue weighted by Gasteiger charge is -2.16. The monoisotopic (exact) mass is 255 g/mol. The number of rotatable bonds is 5. The molecule has 1 unspecified atom stereocenters. The molecular formula is C14H19F2NO. The Balaban J connectivity index is 1.81. The van der Waals surface area contributed by atoms with Crippen molar-refractivity contribution in [1.82, 2.24) is 0 Å². The van der Waals surface area contributed by atoms with Crippen molar-refractivity contribution in [2.75, 3.05) is 11.9 Å². The van der Waals surface area contributed by atoms with E-state index in [0.29, 0.717) is 5.92 Å². The van der Waals surface area contributed by atoms with Gasteiger partial charge < -0.3 is 10.4 Å². The van der Waals surface area contributed by atoms with E-state index in [2.05, 4.69) is 5.32 Å². The molecule has 0 saturated heterocycles. The van der Waals surface area contributed by atoms with E-state index >= 15 is 0 Å². The molecule has 1 aromatic rings. The topological polar surface area (TPSA) is 32.3 Å². The van der Waals surface area contributed by atoms with E-state index in [4.69, 9.17) is 0 Å². The Morgan fingerprint density at radius 1 is 1.28 bits per heavy atom. The summed E-state index contributed by atoms with van der Waals surface area (Å²) in [7, 11) is 0. The molecule has 2 rings (SSSR count). The van der Waals surface area contributed by atoms with Crippen molar-refractivity contribution in [3.8, 4) is 0 Å². The van der Waals surface area contributed by atoms with Gasteiger partial charge in [-0.05, 0) is 24.5 Å². The Labute approximate surface area is 106 Å². The van der Waals surface area contributed by atoms with Gasteiger partial charge in [-0.3, -0.25) is 0 Å². The van der Waals surface area contributed by atoms with Crippen LogP contribution in [0.3, 0.4) is 0 Å². The second kappa shape index (κ2) is 6.14. The summed E-state index contributed by atoms with van der Waals surface area (Å²) in [6.07, 6.45) is 5.06. The van der Waals surface area contributed by atoms with Gasteiger partial charge >= 0.3 is 0 Å². The van der Waals surface area contributed by atoms with E-state index in [0.717, 1.165) is 12.5 Å². The predicted molar refractivity (Wildman–Crippen MR) is 67.4 cm³/mol. The molecule has 0 amide bonds. The van der Waals surface area contributed by atoms with E-state index in [-0.39, 0.29) is 12.2 Å². The minimum absolute atomic E-state index is 0.112. The molecule has 1 fully saturated rings. The number of aliphatic hydroxyl groups excluding tert-OH is 1. The van der Waals surface area contributed by atoms with Crippen molar-refractivity contribution < 1.29 is 13.9 Å². The zero-order valence-corrected chi connectivity index (χ0v) is 10.3. The Bertz CT molecular complexity index is 391. The number of nitrogens with one attached hydrogen (secondary N) is 1. The van der Waals surface area contributed by atoms with Gasteiger partial charge in [-0.25, -0.2) is 8.78 Å². The van der Waals surface area contributed by atoms with Crippen molar-refractivity contribution in [1.29, 1.82) is 0 Å². The van der Waals surface area contributed by atoms with Gasteiger partial charge in [0.25, 0.3) is 0 Å². The maximum Gasteiger partial charge on any atom is 0.181 e. The summed E-state index contributed by atoms with van der Waals surface area (Å²) in [5.74, 6) is -1.17. The maximum atomic E-state index is 13.3. The van der Waals surface area contributed by atoms with Gasteiger partial charge in [0.2, 0.25) is 0 Å². The first-order valence-electron chi connectivity index (χ1n) is 6.52. The minimum Gasteiger partial charge on any atom is -0.391 e. The molecule has 1 aliphatic carbocycles. The van der Waals surface area contributed by atoms with Crippen LogP contribution >= 0.6 is 0 Å². The van der Waals surface area contributed by atoms with E-state index in [1.165, 1.54) is 37.8 Å². The molecule has 1 aromatic carbocycles. The lowest BCUT2D eigenvalue weighted by Crippen LogP contribution is -2.22. The molecular weight excluding hydrogens is 236 g/mol. The van der Waals surface area contributed by atoms with Gasteiger partial charge in [0, 0.05) is 6.54 Å². The fourth-order valence-corrected chi connectivity index (χ4v) is 2.58. The van der Waals surface area contributed by atoms with Crippen molar-refractivity contribution in [3.05, 3.63) is 29.8 Å². The standard InChI is InChI=1S/C14H19F2NO/c15-12-6-3-7-13(14(12)16)17-9-11(18)8-10-4-1-2-5-10/h3,6-7,10-11,17-18H,1-2,4-5,8-9H2. The Morgan fingerprint density at radius 3 is 2.72 bits per heavy atom. The average Bonchev–Trinajstić information content (AvgIpc) is 2.84. The minimum atomic E-state index is -0.884. The van der Waals surface area contributed by atoms with Gasteiger partial charge in [0.1, 0.15) is 0 Å². The normalized spacial score (nSPS) is 17.9. The number of aliphatic hydroxyl groups is 1. The molecule has 0 heterocycles. The molecule has 100 valence electrons. The molecule has 2 N–H and O–H groups in total. The van der Waals surface area contributed by atoms with E-state index < -0.39 is 17.7 Å². The summed E-state index contributed by atoms with van der Waals surface area (Å²) in [6.45, 7) is 0.261. The van der Waals surface area contributed by atoms with E-state index in [1.807, 2.05) is 0 Å². The Hall–Kier alpha value is -1.16. The first-order chi connectivity index (χ1) is 8.66. The Morgan fingerprint density at radius 2 is 2.00 bits per heavy atom. The quantitative estimate of drug-likeness (QED) is 0.846. The van der Waals surface area contributed by atoms with Gasteiger partial charge in [0.05, 0.1) is 11.8 Å². The van der Waals surface area contributed by atoms with Crippen molar-refractivity contribution in [3.63, 3.8) is 0 Å². The van der Waals surface area contributed by atoms with Crippen LogP contribution < -0.4 is 5.32 Å². The Kier molecular flexibility index (Phi) is 4.53. The predicted octanol–water partition coefficient (Wildman–Crippen LogP) is 3.32. The smallest absolute Gasteiger partial charge is 0.181 e. The number of halogens is 2. The third kappa shape index (κ3) is 3.42. The molecule has 0 spiro atoms. The highest BCUT2D eigenvalue weighted by atomic mass is 19.2. The maximum absolute atomic E-state index is 13.3. The van der Waals surface area contributed by atoms with Crippen LogP contribution in [0.15, 0.2) is 18.2 Å². The summed E-state index contributed by atoms with van der Waals surface area (Å²) < 4.78 is 26.3. The molecule has 1 aliphatic rings. The summed E-state index contributed by atoms with van der Waals surface area (Å²) in [4.78, 5) is 0. The number of hydrogen-bond donors (Lipinski definition) is 2. The van der Waals surface area contributed by atoms with Crippen LogP contribution in [-0.4, -0.2) is 17.8 Å². The summed E-state index contributed by atoms with van der Waals surface area (Å²) in [6, 6.07) is 4.00. The van der Waals surface area contributed by atoms with Gasteiger partial charge in [0.15, 0.2) is 11.6 Å². The first-order valence-corrected chi connectivity index (χ1v) is 6.52. The molecule has 18 heavy (non-hydrogen) atoms. The molecule has 0 aliphatic heterocycles. The highest BCUT2D eigenvalue weighted by Crippen LogP contribution is 2.28. The number of hydrogen-bond acceptors (Lipinski definition) is 2. The van der Waals surface area contributed by atoms with Crippen LogP contribution in [0, 0.1) is 17.6 Å². The van der Waals surface area contributed by atoms with Crippen molar-refractivity contribution >= 4 is 5.69 Å². The lowest BCUT2D eigenvalue weighted by atomic mass is 10.00. The first kappa shape index (κ1) is 13.3. The fourth-order valence-electron chi connectivity index (χ4n) is 2.58. The molecule has 0 radical (unpaired) electrons. The SMILES string of the molecule is OC(CNc1cccc(F)c1F)CC1CCCC1. The highest BCUT2D eigenvalue weighted by Gasteiger charge is 2.19. The molecule has 4 heteroatoms. The van der Waals surface area contributed by atoms with Crippen LogP contribution in [0.2, 0.25) is 0 Å². The van der Waals surface area contributed by atoms with Gasteiger partial charge in [-0.15, -0.1) is 0 Å². The summed E-state index contributed by atoms with van der Waals surface area (Å²) >= 11 is 0. The van der Waals surface area contributed by atoms with Crippen LogP contribution in [0.4, 0.5) is 14.5 Å². The van der Waals surface area contributed by atoms with Gasteiger partial charge in [-0.2, -0.15) is 0 Å². The second-order valence-corrected chi connectivity index (χ2v) is 5.02. The third-order valence-corrected chi connectivity index (χ3v) is 3.56. The van der Waals surface area contributed by atoms with Crippen molar-refractivity contribution in [2.45, 2.75) is 38.2 Å². The third-order valence-electron chi connectivity index (χ3n) is 3.56. The zero-order chi connectivity index (χ0) is 13.0. The highest BCUT2D eigenvalue weighted by molar-refractivity contribution is 5.44. The van der Waals surface area contributed by atoms with Crippen LogP contribution in [-0.2, 0) is 0 Å². The van der Waals surface area contributed by atoms with Crippen LogP contribution in [0.1, 0.15) is 32.1 Å².